The Balaban J connectivity index is 2.09. The van der Waals surface area contributed by atoms with Gasteiger partial charge in [-0.15, -0.1) is 0 Å². The molecule has 0 aliphatic carbocycles. The average molecular weight is 276 g/mol. The van der Waals surface area contributed by atoms with E-state index in [1.54, 1.807) is 30.8 Å². The minimum absolute atomic E-state index is 0.000977. The van der Waals surface area contributed by atoms with Gasteiger partial charge in [-0.2, -0.15) is 16.7 Å². The topological polar surface area (TPSA) is 56.0 Å². The van der Waals surface area contributed by atoms with Crippen molar-refractivity contribution in [2.75, 3.05) is 5.75 Å². The number of rotatable bonds is 6. The SMILES string of the molecule is CCSCc1noc(C(C)C(=O)c2ccccc2)n1. The minimum atomic E-state index is -0.407. The van der Waals surface area contributed by atoms with Crippen LogP contribution in [0.2, 0.25) is 0 Å². The van der Waals surface area contributed by atoms with Gasteiger partial charge in [0.2, 0.25) is 5.89 Å². The monoisotopic (exact) mass is 276 g/mol. The zero-order chi connectivity index (χ0) is 13.7. The third-order valence-corrected chi connectivity index (χ3v) is 3.61. The standard InChI is InChI=1S/C14H16N2O2S/c1-3-19-9-12-15-14(18-16-12)10(2)13(17)11-7-5-4-6-8-11/h4-8,10H,3,9H2,1-2H3. The Morgan fingerprint density at radius 3 is 2.79 bits per heavy atom. The van der Waals surface area contributed by atoms with Crippen molar-refractivity contribution in [3.05, 3.63) is 47.6 Å². The average Bonchev–Trinajstić information content (AvgIpc) is 2.93. The lowest BCUT2D eigenvalue weighted by Crippen LogP contribution is -2.09. The van der Waals surface area contributed by atoms with Gasteiger partial charge >= 0.3 is 0 Å². The summed E-state index contributed by atoms with van der Waals surface area (Å²) in [4.78, 5) is 16.5. The molecule has 0 N–H and O–H groups in total. The lowest BCUT2D eigenvalue weighted by Gasteiger charge is -2.04. The molecule has 0 spiro atoms. The van der Waals surface area contributed by atoms with Crippen LogP contribution in [0.4, 0.5) is 0 Å². The van der Waals surface area contributed by atoms with E-state index in [1.807, 2.05) is 18.2 Å². The predicted molar refractivity (Wildman–Crippen MR) is 75.3 cm³/mol. The van der Waals surface area contributed by atoms with Crippen LogP contribution in [0.25, 0.3) is 0 Å². The van der Waals surface area contributed by atoms with Crippen LogP contribution in [0.1, 0.15) is 41.8 Å². The fraction of sp³-hybridized carbons (Fsp3) is 0.357. The Hall–Kier alpha value is -1.62. The van der Waals surface area contributed by atoms with Crippen LogP contribution in [0.5, 0.6) is 0 Å². The van der Waals surface area contributed by atoms with Crippen LogP contribution in [0.3, 0.4) is 0 Å². The molecule has 2 rings (SSSR count). The van der Waals surface area contributed by atoms with Gasteiger partial charge in [0.25, 0.3) is 0 Å². The molecular weight excluding hydrogens is 260 g/mol. The number of thioether (sulfide) groups is 1. The fourth-order valence-electron chi connectivity index (χ4n) is 1.66. The molecule has 5 heteroatoms. The van der Waals surface area contributed by atoms with Crippen LogP contribution >= 0.6 is 11.8 Å². The van der Waals surface area contributed by atoms with E-state index < -0.39 is 5.92 Å². The largest absolute Gasteiger partial charge is 0.339 e. The van der Waals surface area contributed by atoms with Crippen LogP contribution in [0.15, 0.2) is 34.9 Å². The summed E-state index contributed by atoms with van der Waals surface area (Å²) in [6.07, 6.45) is 0. The number of nitrogens with zero attached hydrogens (tertiary/aromatic N) is 2. The number of carbonyl (C=O) groups is 1. The van der Waals surface area contributed by atoms with E-state index in [0.29, 0.717) is 23.0 Å². The van der Waals surface area contributed by atoms with E-state index in [4.69, 9.17) is 4.52 Å². The predicted octanol–water partition coefficient (Wildman–Crippen LogP) is 3.31. The summed E-state index contributed by atoms with van der Waals surface area (Å²) < 4.78 is 5.17. The van der Waals surface area contributed by atoms with Crippen molar-refractivity contribution in [1.82, 2.24) is 10.1 Å². The highest BCUT2D eigenvalue weighted by molar-refractivity contribution is 7.98. The summed E-state index contributed by atoms with van der Waals surface area (Å²) in [6.45, 7) is 3.87. The molecule has 1 aromatic heterocycles. The molecule has 0 aliphatic heterocycles. The number of benzene rings is 1. The molecule has 1 unspecified atom stereocenters. The number of aromatic nitrogens is 2. The highest BCUT2D eigenvalue weighted by Gasteiger charge is 2.22. The molecule has 1 heterocycles. The molecule has 0 radical (unpaired) electrons. The van der Waals surface area contributed by atoms with Crippen LogP contribution in [0, 0.1) is 0 Å². The molecule has 1 atom stereocenters. The number of ketones is 1. The highest BCUT2D eigenvalue weighted by atomic mass is 32.2. The fourth-order valence-corrected chi connectivity index (χ4v) is 2.16. The maximum absolute atomic E-state index is 12.2. The molecule has 2 aromatic rings. The summed E-state index contributed by atoms with van der Waals surface area (Å²) in [7, 11) is 0. The number of hydrogen-bond donors (Lipinski definition) is 0. The van der Waals surface area contributed by atoms with E-state index >= 15 is 0 Å². The Bertz CT molecular complexity index is 539. The number of Topliss-reactive ketones (excluding diaryl/α,β-unsaturated/α-hetero) is 1. The molecule has 100 valence electrons. The summed E-state index contributed by atoms with van der Waals surface area (Å²) in [5, 5.41) is 3.89. The number of hydrogen-bond acceptors (Lipinski definition) is 5. The van der Waals surface area contributed by atoms with Gasteiger partial charge < -0.3 is 4.52 Å². The maximum Gasteiger partial charge on any atom is 0.237 e. The minimum Gasteiger partial charge on any atom is -0.339 e. The Kier molecular flexibility index (Phi) is 4.74. The molecule has 0 saturated carbocycles. The zero-order valence-corrected chi connectivity index (χ0v) is 11.8. The van der Waals surface area contributed by atoms with Crippen molar-refractivity contribution in [3.63, 3.8) is 0 Å². The van der Waals surface area contributed by atoms with E-state index in [2.05, 4.69) is 17.1 Å². The second kappa shape index (κ2) is 6.52. The van der Waals surface area contributed by atoms with Gasteiger partial charge in [-0.1, -0.05) is 42.4 Å². The summed E-state index contributed by atoms with van der Waals surface area (Å²) >= 11 is 1.72. The Morgan fingerprint density at radius 2 is 2.11 bits per heavy atom. The smallest absolute Gasteiger partial charge is 0.237 e. The molecule has 4 nitrogen and oxygen atoms in total. The normalized spacial score (nSPS) is 12.3. The van der Waals surface area contributed by atoms with E-state index in [-0.39, 0.29) is 5.78 Å². The van der Waals surface area contributed by atoms with Crippen LogP contribution in [-0.4, -0.2) is 21.7 Å². The molecule has 19 heavy (non-hydrogen) atoms. The Morgan fingerprint density at radius 1 is 1.37 bits per heavy atom. The summed E-state index contributed by atoms with van der Waals surface area (Å²) in [5.74, 6) is 2.35. The lowest BCUT2D eigenvalue weighted by molar-refractivity contribution is 0.0951. The van der Waals surface area contributed by atoms with E-state index in [0.717, 1.165) is 5.75 Å². The van der Waals surface area contributed by atoms with Crippen LogP contribution < -0.4 is 0 Å². The summed E-state index contributed by atoms with van der Waals surface area (Å²) in [6, 6.07) is 9.16. The lowest BCUT2D eigenvalue weighted by atomic mass is 9.99. The van der Waals surface area contributed by atoms with E-state index in [9.17, 15) is 4.79 Å². The molecule has 1 aromatic carbocycles. The molecule has 0 fully saturated rings. The zero-order valence-electron chi connectivity index (χ0n) is 11.0. The first kappa shape index (κ1) is 13.8. The first-order valence-corrected chi connectivity index (χ1v) is 7.37. The van der Waals surface area contributed by atoms with Crippen molar-refractivity contribution in [2.45, 2.75) is 25.5 Å². The molecule has 0 amide bonds. The third-order valence-electron chi connectivity index (χ3n) is 2.74. The molecule has 0 aliphatic rings. The maximum atomic E-state index is 12.2. The van der Waals surface area contributed by atoms with Gasteiger partial charge in [0.1, 0.15) is 0 Å². The number of carbonyl (C=O) groups excluding carboxylic acids is 1. The van der Waals surface area contributed by atoms with Crippen LogP contribution in [-0.2, 0) is 5.75 Å². The van der Waals surface area contributed by atoms with E-state index in [1.165, 1.54) is 0 Å². The quantitative estimate of drug-likeness (QED) is 0.758. The van der Waals surface area contributed by atoms with Gasteiger partial charge in [-0.05, 0) is 12.7 Å². The highest BCUT2D eigenvalue weighted by Crippen LogP contribution is 2.20. The second-order valence-electron chi connectivity index (χ2n) is 4.14. The molecular formula is C14H16N2O2S. The van der Waals surface area contributed by atoms with Crippen molar-refractivity contribution < 1.29 is 9.32 Å². The third kappa shape index (κ3) is 3.44. The van der Waals surface area contributed by atoms with Gasteiger partial charge in [0, 0.05) is 5.56 Å². The molecule has 0 saturated heterocycles. The van der Waals surface area contributed by atoms with Crippen molar-refractivity contribution in [2.24, 2.45) is 0 Å². The van der Waals surface area contributed by atoms with Gasteiger partial charge in [-0.25, -0.2) is 0 Å². The Labute approximate surface area is 116 Å². The van der Waals surface area contributed by atoms with Gasteiger partial charge in [0.15, 0.2) is 11.6 Å². The van der Waals surface area contributed by atoms with Crippen molar-refractivity contribution in [3.8, 4) is 0 Å². The first-order chi connectivity index (χ1) is 9.22. The first-order valence-electron chi connectivity index (χ1n) is 6.22. The van der Waals surface area contributed by atoms with Gasteiger partial charge in [0.05, 0.1) is 11.7 Å². The summed E-state index contributed by atoms with van der Waals surface area (Å²) in [5.41, 5.74) is 0.665. The molecule has 0 bridgehead atoms. The van der Waals surface area contributed by atoms with Gasteiger partial charge in [-0.3, -0.25) is 4.79 Å². The van der Waals surface area contributed by atoms with Crippen molar-refractivity contribution >= 4 is 17.5 Å². The second-order valence-corrected chi connectivity index (χ2v) is 5.41. The van der Waals surface area contributed by atoms with Crippen molar-refractivity contribution in [1.29, 1.82) is 0 Å².